The summed E-state index contributed by atoms with van der Waals surface area (Å²) in [6.45, 7) is 8.45. The van der Waals surface area contributed by atoms with Crippen LogP contribution in [0.2, 0.25) is 0 Å². The minimum Gasteiger partial charge on any atom is -0.312 e. The predicted molar refractivity (Wildman–Crippen MR) is 65.1 cm³/mol. The van der Waals surface area contributed by atoms with Crippen LogP contribution in [0.4, 0.5) is 0 Å². The lowest BCUT2D eigenvalue weighted by Crippen LogP contribution is -2.39. The van der Waals surface area contributed by atoms with Crippen molar-refractivity contribution >= 4 is 0 Å². The van der Waals surface area contributed by atoms with Crippen molar-refractivity contribution < 1.29 is 0 Å². The zero-order valence-corrected chi connectivity index (χ0v) is 10.3. The summed E-state index contributed by atoms with van der Waals surface area (Å²) in [5.41, 5.74) is 0. The van der Waals surface area contributed by atoms with Gasteiger partial charge in [-0.25, -0.2) is 0 Å². The predicted octanol–water partition coefficient (Wildman–Crippen LogP) is 2.25. The van der Waals surface area contributed by atoms with Gasteiger partial charge in [0.05, 0.1) is 0 Å². The van der Waals surface area contributed by atoms with Gasteiger partial charge in [-0.05, 0) is 51.5 Å². The molecular weight excluding hydrogens is 184 g/mol. The number of nitrogens with zero attached hydrogens (tertiary/aromatic N) is 1. The Morgan fingerprint density at radius 1 is 1.33 bits per heavy atom. The third-order valence-electron chi connectivity index (χ3n) is 4.13. The molecule has 1 aliphatic heterocycles. The molecule has 0 aromatic rings. The van der Waals surface area contributed by atoms with Gasteiger partial charge < -0.3 is 5.32 Å². The average Bonchev–Trinajstić information content (AvgIpc) is 2.99. The first-order valence-corrected chi connectivity index (χ1v) is 6.78. The monoisotopic (exact) mass is 210 g/mol. The lowest BCUT2D eigenvalue weighted by atomic mass is 10.1. The molecule has 0 bridgehead atoms. The summed E-state index contributed by atoms with van der Waals surface area (Å²) in [5.74, 6) is 1.01. The van der Waals surface area contributed by atoms with E-state index in [0.29, 0.717) is 0 Å². The normalized spacial score (nSPS) is 29.6. The Bertz CT molecular complexity index is 187. The van der Waals surface area contributed by atoms with Gasteiger partial charge in [0.1, 0.15) is 0 Å². The van der Waals surface area contributed by atoms with Crippen molar-refractivity contribution in [1.82, 2.24) is 10.2 Å². The van der Waals surface area contributed by atoms with Crippen LogP contribution in [0.25, 0.3) is 0 Å². The van der Waals surface area contributed by atoms with Crippen molar-refractivity contribution in [2.45, 2.75) is 58.0 Å². The first-order chi connectivity index (χ1) is 7.31. The molecular formula is C13H26N2. The Morgan fingerprint density at radius 2 is 2.13 bits per heavy atom. The molecule has 0 radical (unpaired) electrons. The number of rotatable bonds is 6. The van der Waals surface area contributed by atoms with Crippen LogP contribution in [-0.2, 0) is 0 Å². The molecule has 1 aliphatic carbocycles. The Kier molecular flexibility index (Phi) is 4.04. The molecule has 2 nitrogen and oxygen atoms in total. The minimum atomic E-state index is 0.808. The molecule has 15 heavy (non-hydrogen) atoms. The zero-order valence-electron chi connectivity index (χ0n) is 10.3. The zero-order chi connectivity index (χ0) is 10.7. The molecule has 0 aromatic heterocycles. The van der Waals surface area contributed by atoms with Crippen molar-refractivity contribution in [3.05, 3.63) is 0 Å². The molecule has 1 saturated heterocycles. The Balaban J connectivity index is 1.60. The highest BCUT2D eigenvalue weighted by Gasteiger charge is 2.29. The summed E-state index contributed by atoms with van der Waals surface area (Å²) in [6.07, 6.45) is 7.04. The van der Waals surface area contributed by atoms with E-state index in [0.717, 1.165) is 18.0 Å². The maximum Gasteiger partial charge on any atom is 0.0110 e. The van der Waals surface area contributed by atoms with Crippen molar-refractivity contribution in [2.75, 3.05) is 19.6 Å². The van der Waals surface area contributed by atoms with Gasteiger partial charge in [0.2, 0.25) is 0 Å². The maximum absolute atomic E-state index is 3.74. The maximum atomic E-state index is 3.74. The standard InChI is InChI=1S/C13H26N2/c1-3-13(12-6-7-12)14-8-10-15-9-4-5-11(15)2/h11-14H,3-10H2,1-2H3. The lowest BCUT2D eigenvalue weighted by Gasteiger charge is -2.23. The van der Waals surface area contributed by atoms with Crippen molar-refractivity contribution in [2.24, 2.45) is 5.92 Å². The quantitative estimate of drug-likeness (QED) is 0.723. The van der Waals surface area contributed by atoms with Crippen LogP contribution in [0.1, 0.15) is 46.0 Å². The largest absolute Gasteiger partial charge is 0.312 e. The van der Waals surface area contributed by atoms with E-state index < -0.39 is 0 Å². The van der Waals surface area contributed by atoms with Crippen molar-refractivity contribution in [1.29, 1.82) is 0 Å². The third-order valence-corrected chi connectivity index (χ3v) is 4.13. The van der Waals surface area contributed by atoms with Crippen LogP contribution in [0.15, 0.2) is 0 Å². The van der Waals surface area contributed by atoms with Gasteiger partial charge in [-0.15, -0.1) is 0 Å². The molecule has 2 rings (SSSR count). The van der Waals surface area contributed by atoms with Crippen LogP contribution in [0, 0.1) is 5.92 Å². The van der Waals surface area contributed by atoms with E-state index in [4.69, 9.17) is 0 Å². The fourth-order valence-electron chi connectivity index (χ4n) is 2.86. The number of hydrogen-bond donors (Lipinski definition) is 1. The Labute approximate surface area is 94.4 Å². The molecule has 2 unspecified atom stereocenters. The second-order valence-electron chi connectivity index (χ2n) is 5.33. The molecule has 1 N–H and O–H groups in total. The smallest absolute Gasteiger partial charge is 0.0110 e. The number of nitrogens with one attached hydrogen (secondary N) is 1. The molecule has 2 heteroatoms. The molecule has 2 atom stereocenters. The summed E-state index contributed by atoms with van der Waals surface area (Å²) in [5, 5.41) is 3.74. The lowest BCUT2D eigenvalue weighted by molar-refractivity contribution is 0.261. The van der Waals surface area contributed by atoms with Crippen LogP contribution in [0.3, 0.4) is 0 Å². The SMILES string of the molecule is CCC(NCCN1CCCC1C)C1CC1. The van der Waals surface area contributed by atoms with Gasteiger partial charge in [-0.2, -0.15) is 0 Å². The van der Waals surface area contributed by atoms with Gasteiger partial charge in [-0.1, -0.05) is 6.92 Å². The Morgan fingerprint density at radius 3 is 2.67 bits per heavy atom. The molecule has 0 amide bonds. The summed E-state index contributed by atoms with van der Waals surface area (Å²) < 4.78 is 0. The average molecular weight is 210 g/mol. The van der Waals surface area contributed by atoms with Crippen LogP contribution >= 0.6 is 0 Å². The van der Waals surface area contributed by atoms with Crippen LogP contribution < -0.4 is 5.32 Å². The fourth-order valence-corrected chi connectivity index (χ4v) is 2.86. The minimum absolute atomic E-state index is 0.808. The highest BCUT2D eigenvalue weighted by atomic mass is 15.2. The summed E-state index contributed by atoms with van der Waals surface area (Å²) >= 11 is 0. The van der Waals surface area contributed by atoms with Gasteiger partial charge in [0, 0.05) is 25.2 Å². The molecule has 0 aromatic carbocycles. The number of likely N-dealkylation sites (tertiary alicyclic amines) is 1. The van der Waals surface area contributed by atoms with Gasteiger partial charge in [0.15, 0.2) is 0 Å². The summed E-state index contributed by atoms with van der Waals surface area (Å²) in [6, 6.07) is 1.63. The van der Waals surface area contributed by atoms with Crippen LogP contribution in [0.5, 0.6) is 0 Å². The number of hydrogen-bond acceptors (Lipinski definition) is 2. The second-order valence-corrected chi connectivity index (χ2v) is 5.33. The third kappa shape index (κ3) is 3.18. The first kappa shape index (κ1) is 11.4. The topological polar surface area (TPSA) is 15.3 Å². The highest BCUT2D eigenvalue weighted by molar-refractivity contribution is 4.86. The van der Waals surface area contributed by atoms with Gasteiger partial charge in [-0.3, -0.25) is 4.90 Å². The van der Waals surface area contributed by atoms with Gasteiger partial charge >= 0.3 is 0 Å². The molecule has 2 aliphatic rings. The van der Waals surface area contributed by atoms with E-state index in [1.54, 1.807) is 0 Å². The summed E-state index contributed by atoms with van der Waals surface area (Å²) in [4.78, 5) is 2.63. The van der Waals surface area contributed by atoms with E-state index in [-0.39, 0.29) is 0 Å². The molecule has 1 saturated carbocycles. The summed E-state index contributed by atoms with van der Waals surface area (Å²) in [7, 11) is 0. The fraction of sp³-hybridized carbons (Fsp3) is 1.00. The Hall–Kier alpha value is -0.0800. The van der Waals surface area contributed by atoms with Crippen LogP contribution in [-0.4, -0.2) is 36.6 Å². The van der Waals surface area contributed by atoms with E-state index in [9.17, 15) is 0 Å². The van der Waals surface area contributed by atoms with E-state index >= 15 is 0 Å². The van der Waals surface area contributed by atoms with E-state index in [1.807, 2.05) is 0 Å². The molecule has 0 spiro atoms. The molecule has 2 fully saturated rings. The first-order valence-electron chi connectivity index (χ1n) is 6.78. The van der Waals surface area contributed by atoms with E-state index in [2.05, 4.69) is 24.1 Å². The molecule has 1 heterocycles. The molecule has 88 valence electrons. The highest BCUT2D eigenvalue weighted by Crippen LogP contribution is 2.33. The van der Waals surface area contributed by atoms with Gasteiger partial charge in [0.25, 0.3) is 0 Å². The van der Waals surface area contributed by atoms with E-state index in [1.165, 1.54) is 51.7 Å². The second kappa shape index (κ2) is 5.31. The van der Waals surface area contributed by atoms with Crippen molar-refractivity contribution in [3.63, 3.8) is 0 Å². The van der Waals surface area contributed by atoms with Crippen molar-refractivity contribution in [3.8, 4) is 0 Å².